The molecule has 0 aliphatic carbocycles. The molecule has 0 radical (unpaired) electrons. The molecule has 0 saturated carbocycles. The minimum atomic E-state index is -2.94. The lowest BCUT2D eigenvalue weighted by Crippen LogP contribution is -2.28. The number of H-pyrrole nitrogens is 1. The van der Waals surface area contributed by atoms with Gasteiger partial charge in [-0.05, 0) is 29.8 Å². The summed E-state index contributed by atoms with van der Waals surface area (Å²) in [7, 11) is 0. The van der Waals surface area contributed by atoms with Gasteiger partial charge >= 0.3 is 6.61 Å². The molecule has 5 nitrogen and oxygen atoms in total. The van der Waals surface area contributed by atoms with Crippen molar-refractivity contribution in [1.29, 1.82) is 0 Å². The first-order chi connectivity index (χ1) is 11.0. The molecule has 2 rings (SSSR count). The summed E-state index contributed by atoms with van der Waals surface area (Å²) in [4.78, 5) is 14.7. The Balaban J connectivity index is 1.99. The third-order valence-corrected chi connectivity index (χ3v) is 3.32. The number of amides is 1. The molecule has 0 unspecified atom stereocenters. The summed E-state index contributed by atoms with van der Waals surface area (Å²) in [6.07, 6.45) is 0.532. The van der Waals surface area contributed by atoms with Crippen LogP contribution >= 0.6 is 12.2 Å². The van der Waals surface area contributed by atoms with Crippen LogP contribution in [0.3, 0.4) is 0 Å². The zero-order valence-corrected chi connectivity index (χ0v) is 12.6. The maximum Gasteiger partial charge on any atom is 0.387 e. The Bertz CT molecular complexity index is 736. The van der Waals surface area contributed by atoms with Crippen molar-refractivity contribution in [2.45, 2.75) is 12.7 Å². The maximum atomic E-state index is 12.2. The molecule has 122 valence electrons. The van der Waals surface area contributed by atoms with Crippen LogP contribution in [0.2, 0.25) is 0 Å². The number of aliphatic hydroxyl groups is 1. The molecule has 1 amide bonds. The lowest BCUT2D eigenvalue weighted by Gasteiger charge is -2.13. The van der Waals surface area contributed by atoms with E-state index < -0.39 is 18.6 Å². The van der Waals surface area contributed by atoms with Crippen molar-refractivity contribution < 1.29 is 23.4 Å². The highest BCUT2D eigenvalue weighted by atomic mass is 32.1. The molecule has 1 atom stereocenters. The standard InChI is InChI=1S/C15H14F2N2O3S/c16-15(17)22-10-4-1-3-9(7-10)12(20)8-19-13(21)11-5-2-6-18-14(11)23/h1-7,12,15,20H,8H2,(H,18,23)(H,19,21)/t12-/m1/s1. The van der Waals surface area contributed by atoms with E-state index in [-0.39, 0.29) is 22.5 Å². The van der Waals surface area contributed by atoms with E-state index in [0.717, 1.165) is 0 Å². The van der Waals surface area contributed by atoms with Crippen LogP contribution in [0.15, 0.2) is 42.6 Å². The van der Waals surface area contributed by atoms with E-state index in [9.17, 15) is 18.7 Å². The van der Waals surface area contributed by atoms with E-state index in [1.54, 1.807) is 24.4 Å². The van der Waals surface area contributed by atoms with E-state index >= 15 is 0 Å². The molecular formula is C15H14F2N2O3S. The Morgan fingerprint density at radius 2 is 2.13 bits per heavy atom. The summed E-state index contributed by atoms with van der Waals surface area (Å²) in [5, 5.41) is 12.6. The zero-order valence-electron chi connectivity index (χ0n) is 11.8. The number of nitrogens with one attached hydrogen (secondary N) is 2. The smallest absolute Gasteiger partial charge is 0.387 e. The van der Waals surface area contributed by atoms with E-state index in [2.05, 4.69) is 15.0 Å². The van der Waals surface area contributed by atoms with Gasteiger partial charge in [-0.2, -0.15) is 8.78 Å². The minimum Gasteiger partial charge on any atom is -0.435 e. The summed E-state index contributed by atoms with van der Waals surface area (Å²) in [6.45, 7) is -3.04. The van der Waals surface area contributed by atoms with Crippen LogP contribution in [-0.4, -0.2) is 29.2 Å². The second kappa shape index (κ2) is 7.80. The Labute approximate surface area is 135 Å². The molecule has 2 aromatic rings. The van der Waals surface area contributed by atoms with Crippen molar-refractivity contribution in [2.75, 3.05) is 6.54 Å². The molecule has 0 saturated heterocycles. The van der Waals surface area contributed by atoms with Gasteiger partial charge in [0.1, 0.15) is 10.4 Å². The first kappa shape index (κ1) is 17.0. The molecule has 0 aliphatic heterocycles. The number of benzene rings is 1. The van der Waals surface area contributed by atoms with Crippen LogP contribution in [0, 0.1) is 4.64 Å². The number of rotatable bonds is 6. The van der Waals surface area contributed by atoms with E-state index in [0.29, 0.717) is 5.56 Å². The number of hydrogen-bond acceptors (Lipinski definition) is 4. The summed E-state index contributed by atoms with van der Waals surface area (Å²) < 4.78 is 28.9. The fourth-order valence-corrected chi connectivity index (χ4v) is 2.13. The monoisotopic (exact) mass is 340 g/mol. The van der Waals surface area contributed by atoms with Crippen molar-refractivity contribution in [3.8, 4) is 5.75 Å². The number of carbonyl (C=O) groups is 1. The SMILES string of the molecule is O=C(NC[C@@H](O)c1cccc(OC(F)F)c1)c1ccc[nH]c1=S. The fraction of sp³-hybridized carbons (Fsp3) is 0.200. The molecular weight excluding hydrogens is 326 g/mol. The number of pyridine rings is 1. The number of aromatic amines is 1. The number of hydrogen-bond donors (Lipinski definition) is 3. The average Bonchev–Trinajstić information content (AvgIpc) is 2.52. The van der Waals surface area contributed by atoms with Gasteiger partial charge in [-0.1, -0.05) is 24.4 Å². The predicted molar refractivity (Wildman–Crippen MR) is 82.0 cm³/mol. The van der Waals surface area contributed by atoms with Gasteiger partial charge < -0.3 is 20.1 Å². The van der Waals surface area contributed by atoms with Crippen molar-refractivity contribution >= 4 is 18.1 Å². The number of carbonyl (C=O) groups excluding carboxylic acids is 1. The first-order valence-corrected chi connectivity index (χ1v) is 7.07. The Kier molecular flexibility index (Phi) is 5.78. The highest BCUT2D eigenvalue weighted by molar-refractivity contribution is 7.71. The Morgan fingerprint density at radius 1 is 1.35 bits per heavy atom. The molecule has 0 spiro atoms. The molecule has 8 heteroatoms. The molecule has 3 N–H and O–H groups in total. The molecule has 1 aromatic heterocycles. The summed E-state index contributed by atoms with van der Waals surface area (Å²) in [5.41, 5.74) is 0.631. The van der Waals surface area contributed by atoms with E-state index in [1.807, 2.05) is 0 Å². The topological polar surface area (TPSA) is 74.3 Å². The Hall–Kier alpha value is -2.32. The van der Waals surface area contributed by atoms with Crippen LogP contribution < -0.4 is 10.1 Å². The molecule has 1 heterocycles. The van der Waals surface area contributed by atoms with Gasteiger partial charge in [0.2, 0.25) is 0 Å². The van der Waals surface area contributed by atoms with Gasteiger partial charge in [-0.25, -0.2) is 0 Å². The second-order valence-electron chi connectivity index (χ2n) is 4.59. The highest BCUT2D eigenvalue weighted by Crippen LogP contribution is 2.20. The largest absolute Gasteiger partial charge is 0.435 e. The van der Waals surface area contributed by atoms with Crippen molar-refractivity contribution in [3.05, 3.63) is 58.4 Å². The molecule has 0 bridgehead atoms. The lowest BCUT2D eigenvalue weighted by molar-refractivity contribution is -0.0499. The fourth-order valence-electron chi connectivity index (χ4n) is 1.90. The van der Waals surface area contributed by atoms with Crippen LogP contribution in [0.5, 0.6) is 5.75 Å². The van der Waals surface area contributed by atoms with Gasteiger partial charge in [0, 0.05) is 12.7 Å². The van der Waals surface area contributed by atoms with Crippen molar-refractivity contribution in [1.82, 2.24) is 10.3 Å². The molecule has 0 fully saturated rings. The van der Waals surface area contributed by atoms with Gasteiger partial charge in [0.15, 0.2) is 0 Å². The van der Waals surface area contributed by atoms with Gasteiger partial charge in [-0.3, -0.25) is 4.79 Å². The Morgan fingerprint density at radius 3 is 2.83 bits per heavy atom. The number of alkyl halides is 2. The van der Waals surface area contributed by atoms with E-state index in [1.165, 1.54) is 18.2 Å². The number of halogens is 2. The third-order valence-electron chi connectivity index (χ3n) is 2.99. The van der Waals surface area contributed by atoms with E-state index in [4.69, 9.17) is 12.2 Å². The maximum absolute atomic E-state index is 12.2. The zero-order chi connectivity index (χ0) is 16.8. The average molecular weight is 340 g/mol. The number of aromatic nitrogens is 1. The van der Waals surface area contributed by atoms with Crippen LogP contribution in [0.1, 0.15) is 22.0 Å². The number of ether oxygens (including phenoxy) is 1. The van der Waals surface area contributed by atoms with Crippen molar-refractivity contribution in [3.63, 3.8) is 0 Å². The highest BCUT2D eigenvalue weighted by Gasteiger charge is 2.13. The third kappa shape index (κ3) is 4.83. The van der Waals surface area contributed by atoms with Gasteiger partial charge in [0.25, 0.3) is 5.91 Å². The summed E-state index contributed by atoms with van der Waals surface area (Å²) >= 11 is 4.99. The van der Waals surface area contributed by atoms with Crippen LogP contribution in [-0.2, 0) is 0 Å². The molecule has 23 heavy (non-hydrogen) atoms. The predicted octanol–water partition coefficient (Wildman–Crippen LogP) is 2.81. The molecule has 0 aliphatic rings. The minimum absolute atomic E-state index is 0.0617. The lowest BCUT2D eigenvalue weighted by atomic mass is 10.1. The summed E-state index contributed by atoms with van der Waals surface area (Å²) in [6, 6.07) is 8.85. The second-order valence-corrected chi connectivity index (χ2v) is 5.00. The first-order valence-electron chi connectivity index (χ1n) is 6.66. The van der Waals surface area contributed by atoms with Crippen molar-refractivity contribution in [2.24, 2.45) is 0 Å². The normalized spacial score (nSPS) is 12.0. The summed E-state index contributed by atoms with van der Waals surface area (Å²) in [5.74, 6) is -0.501. The van der Waals surface area contributed by atoms with Crippen LogP contribution in [0.4, 0.5) is 8.78 Å². The van der Waals surface area contributed by atoms with Gasteiger partial charge in [0.05, 0.1) is 11.7 Å². The van der Waals surface area contributed by atoms with Crippen LogP contribution in [0.25, 0.3) is 0 Å². The quantitative estimate of drug-likeness (QED) is 0.707. The van der Waals surface area contributed by atoms with Gasteiger partial charge in [-0.15, -0.1) is 0 Å². The molecule has 1 aromatic carbocycles. The number of aliphatic hydroxyl groups excluding tert-OH is 1.